The van der Waals surface area contributed by atoms with Gasteiger partial charge in [0.15, 0.2) is 0 Å². The fourth-order valence-corrected chi connectivity index (χ4v) is 4.39. The minimum atomic E-state index is 1.19. The maximum absolute atomic E-state index is 3.55. The van der Waals surface area contributed by atoms with E-state index in [1.54, 1.807) is 23.5 Å². The van der Waals surface area contributed by atoms with E-state index in [0.29, 0.717) is 0 Å². The number of aromatic amines is 2. The van der Waals surface area contributed by atoms with E-state index in [1.165, 1.54) is 53.4 Å². The van der Waals surface area contributed by atoms with E-state index in [1.807, 2.05) is 0 Å². The highest BCUT2D eigenvalue weighted by Gasteiger charge is 2.11. The molecule has 3 aromatic carbocycles. The summed E-state index contributed by atoms with van der Waals surface area (Å²) in [5, 5.41) is 5.19. The molecule has 0 amide bonds. The van der Waals surface area contributed by atoms with Crippen molar-refractivity contribution >= 4 is 67.1 Å². The SMILES string of the molecule is CSc1ccc2[nH]c3cc4[nH]c5ccc(SC)cc5c4cc3c2c1. The summed E-state index contributed by atoms with van der Waals surface area (Å²) in [6.07, 6.45) is 4.25. The van der Waals surface area contributed by atoms with Crippen LogP contribution in [0.15, 0.2) is 58.3 Å². The first kappa shape index (κ1) is 14.3. The molecule has 4 heteroatoms. The van der Waals surface area contributed by atoms with Crippen molar-refractivity contribution in [2.24, 2.45) is 0 Å². The van der Waals surface area contributed by atoms with Gasteiger partial charge >= 0.3 is 0 Å². The Labute approximate surface area is 148 Å². The smallest absolute Gasteiger partial charge is 0.0486 e. The first-order chi connectivity index (χ1) is 11.8. The Morgan fingerprint density at radius 1 is 0.542 bits per heavy atom. The second-order valence-electron chi connectivity index (χ2n) is 6.02. The first-order valence-electron chi connectivity index (χ1n) is 7.86. The van der Waals surface area contributed by atoms with Crippen molar-refractivity contribution in [2.45, 2.75) is 9.79 Å². The molecule has 118 valence electrons. The normalized spacial score (nSPS) is 12.1. The highest BCUT2D eigenvalue weighted by atomic mass is 32.2. The number of hydrogen-bond donors (Lipinski definition) is 2. The van der Waals surface area contributed by atoms with E-state index >= 15 is 0 Å². The molecule has 5 rings (SSSR count). The van der Waals surface area contributed by atoms with Gasteiger partial charge in [-0.3, -0.25) is 0 Å². The van der Waals surface area contributed by atoms with Crippen LogP contribution in [0.25, 0.3) is 43.6 Å². The van der Waals surface area contributed by atoms with E-state index in [2.05, 4.69) is 71.0 Å². The van der Waals surface area contributed by atoms with Gasteiger partial charge in [-0.15, -0.1) is 23.5 Å². The summed E-state index contributed by atoms with van der Waals surface area (Å²) in [5.74, 6) is 0. The number of thioether (sulfide) groups is 2. The standard InChI is InChI=1S/C20H16N2S2/c1-23-11-3-5-17-13(7-11)15-9-16-14-8-12(24-2)4-6-18(14)22-20(16)10-19(15)21-17/h3-10,21-22H,1-2H3. The van der Waals surface area contributed by atoms with Crippen LogP contribution in [0.5, 0.6) is 0 Å². The predicted molar refractivity (Wildman–Crippen MR) is 109 cm³/mol. The molecule has 0 aliphatic rings. The van der Waals surface area contributed by atoms with E-state index < -0.39 is 0 Å². The van der Waals surface area contributed by atoms with Gasteiger partial charge in [-0.1, -0.05) is 0 Å². The van der Waals surface area contributed by atoms with Crippen molar-refractivity contribution < 1.29 is 0 Å². The fourth-order valence-electron chi connectivity index (χ4n) is 3.51. The largest absolute Gasteiger partial charge is 0.354 e. The van der Waals surface area contributed by atoms with Crippen LogP contribution in [0, 0.1) is 0 Å². The molecule has 2 N–H and O–H groups in total. The average Bonchev–Trinajstić information content (AvgIpc) is 3.15. The molecule has 0 saturated heterocycles. The van der Waals surface area contributed by atoms with Crippen molar-refractivity contribution in [2.75, 3.05) is 12.5 Å². The zero-order valence-electron chi connectivity index (χ0n) is 13.4. The maximum atomic E-state index is 3.55. The van der Waals surface area contributed by atoms with Crippen LogP contribution in [-0.2, 0) is 0 Å². The van der Waals surface area contributed by atoms with Crippen LogP contribution in [0.1, 0.15) is 0 Å². The Bertz CT molecular complexity index is 1140. The molecular weight excluding hydrogens is 332 g/mol. The van der Waals surface area contributed by atoms with Crippen molar-refractivity contribution in [3.63, 3.8) is 0 Å². The molecule has 2 nitrogen and oxygen atoms in total. The van der Waals surface area contributed by atoms with E-state index in [9.17, 15) is 0 Å². The van der Waals surface area contributed by atoms with E-state index in [-0.39, 0.29) is 0 Å². The molecule has 2 aromatic heterocycles. The van der Waals surface area contributed by atoms with E-state index in [0.717, 1.165) is 0 Å². The van der Waals surface area contributed by atoms with Crippen LogP contribution in [0.2, 0.25) is 0 Å². The van der Waals surface area contributed by atoms with Crippen LogP contribution in [-0.4, -0.2) is 22.5 Å². The third kappa shape index (κ3) is 2.00. The number of benzene rings is 3. The Hall–Kier alpha value is -2.04. The third-order valence-electron chi connectivity index (χ3n) is 4.73. The molecule has 0 aliphatic heterocycles. The molecule has 0 spiro atoms. The van der Waals surface area contributed by atoms with Crippen molar-refractivity contribution in [3.8, 4) is 0 Å². The molecule has 0 saturated carbocycles. The second-order valence-corrected chi connectivity index (χ2v) is 7.78. The summed E-state index contributed by atoms with van der Waals surface area (Å²) in [6.45, 7) is 0. The van der Waals surface area contributed by atoms with E-state index in [4.69, 9.17) is 0 Å². The Morgan fingerprint density at radius 3 is 1.46 bits per heavy atom. The van der Waals surface area contributed by atoms with Crippen LogP contribution >= 0.6 is 23.5 Å². The zero-order chi connectivity index (χ0) is 16.3. The topological polar surface area (TPSA) is 31.6 Å². The van der Waals surface area contributed by atoms with Gasteiger partial charge in [0.25, 0.3) is 0 Å². The van der Waals surface area contributed by atoms with Gasteiger partial charge in [-0.05, 0) is 61.0 Å². The minimum absolute atomic E-state index is 1.19. The second kappa shape index (κ2) is 5.23. The lowest BCUT2D eigenvalue weighted by atomic mass is 10.1. The van der Waals surface area contributed by atoms with Crippen LogP contribution in [0.4, 0.5) is 0 Å². The lowest BCUT2D eigenvalue weighted by Crippen LogP contribution is -1.72. The lowest BCUT2D eigenvalue weighted by Gasteiger charge is -1.98. The van der Waals surface area contributed by atoms with Crippen LogP contribution < -0.4 is 0 Å². The van der Waals surface area contributed by atoms with Crippen molar-refractivity contribution in [1.29, 1.82) is 0 Å². The van der Waals surface area contributed by atoms with Gasteiger partial charge in [-0.25, -0.2) is 0 Å². The minimum Gasteiger partial charge on any atom is -0.354 e. The quantitative estimate of drug-likeness (QED) is 0.362. The zero-order valence-corrected chi connectivity index (χ0v) is 15.1. The van der Waals surface area contributed by atoms with Gasteiger partial charge in [-0.2, -0.15) is 0 Å². The molecule has 0 aliphatic carbocycles. The van der Waals surface area contributed by atoms with Gasteiger partial charge in [0.2, 0.25) is 0 Å². The summed E-state index contributed by atoms with van der Waals surface area (Å²) in [5.41, 5.74) is 4.77. The number of nitrogens with one attached hydrogen (secondary N) is 2. The predicted octanol–water partition coefficient (Wildman–Crippen LogP) is 6.40. The molecule has 0 fully saturated rings. The highest BCUT2D eigenvalue weighted by molar-refractivity contribution is 7.98. The Balaban J connectivity index is 1.91. The van der Waals surface area contributed by atoms with Crippen LogP contribution in [0.3, 0.4) is 0 Å². The molecule has 0 atom stereocenters. The molecule has 24 heavy (non-hydrogen) atoms. The van der Waals surface area contributed by atoms with Gasteiger partial charge in [0.1, 0.15) is 0 Å². The Morgan fingerprint density at radius 2 is 1.00 bits per heavy atom. The van der Waals surface area contributed by atoms with Gasteiger partial charge < -0.3 is 9.97 Å². The third-order valence-corrected chi connectivity index (χ3v) is 6.18. The number of aromatic nitrogens is 2. The summed E-state index contributed by atoms with van der Waals surface area (Å²) in [6, 6.07) is 17.8. The Kier molecular flexibility index (Phi) is 3.12. The maximum Gasteiger partial charge on any atom is 0.0486 e. The average molecular weight is 348 g/mol. The first-order valence-corrected chi connectivity index (χ1v) is 10.3. The highest BCUT2D eigenvalue weighted by Crippen LogP contribution is 2.35. The number of hydrogen-bond acceptors (Lipinski definition) is 2. The molecular formula is C20H16N2S2. The number of H-pyrrole nitrogens is 2. The molecule has 5 aromatic rings. The fraction of sp³-hybridized carbons (Fsp3) is 0.100. The van der Waals surface area contributed by atoms with Gasteiger partial charge in [0, 0.05) is 53.4 Å². The molecule has 0 unspecified atom stereocenters. The van der Waals surface area contributed by atoms with Crippen molar-refractivity contribution in [3.05, 3.63) is 48.5 Å². The monoisotopic (exact) mass is 348 g/mol. The number of rotatable bonds is 2. The summed E-state index contributed by atoms with van der Waals surface area (Å²) >= 11 is 3.57. The molecule has 0 bridgehead atoms. The summed E-state index contributed by atoms with van der Waals surface area (Å²) in [4.78, 5) is 9.71. The summed E-state index contributed by atoms with van der Waals surface area (Å²) in [7, 11) is 0. The van der Waals surface area contributed by atoms with Gasteiger partial charge in [0.05, 0.1) is 0 Å². The number of fused-ring (bicyclic) bond motifs is 6. The molecule has 2 heterocycles. The summed E-state index contributed by atoms with van der Waals surface area (Å²) < 4.78 is 0. The molecule has 0 radical (unpaired) electrons. The lowest BCUT2D eigenvalue weighted by molar-refractivity contribution is 1.48. The van der Waals surface area contributed by atoms with Crippen molar-refractivity contribution in [1.82, 2.24) is 9.97 Å².